The summed E-state index contributed by atoms with van der Waals surface area (Å²) in [5.74, 6) is 0. The minimum atomic E-state index is 1.11. The van der Waals surface area contributed by atoms with Crippen molar-refractivity contribution in [3.05, 3.63) is 34.5 Å². The second-order valence-electron chi connectivity index (χ2n) is 3.63. The molecule has 0 radical (unpaired) electrons. The maximum Gasteiger partial charge on any atom is 0.00482 e. The van der Waals surface area contributed by atoms with Gasteiger partial charge < -0.3 is 5.32 Å². The van der Waals surface area contributed by atoms with Crippen LogP contribution in [0.1, 0.15) is 31.1 Å². The van der Waals surface area contributed by atoms with Crippen LogP contribution in [0.4, 0.5) is 0 Å². The standard InChI is InChI=1S/C13H21NS/c1-2-10-14-11-6-4-3-5-8-13-9-7-12-15-13/h3-4,7,9,12,14H,2,5-6,8,10-11H2,1H3. The molecule has 0 aliphatic carbocycles. The molecular weight excluding hydrogens is 202 g/mol. The normalized spacial score (nSPS) is 11.3. The van der Waals surface area contributed by atoms with E-state index in [1.807, 2.05) is 11.3 Å². The minimum absolute atomic E-state index is 1.11. The van der Waals surface area contributed by atoms with Gasteiger partial charge in [0.1, 0.15) is 0 Å². The third kappa shape index (κ3) is 6.47. The molecule has 0 unspecified atom stereocenters. The monoisotopic (exact) mass is 223 g/mol. The van der Waals surface area contributed by atoms with E-state index in [4.69, 9.17) is 0 Å². The molecule has 2 heteroatoms. The first-order valence-corrected chi connectivity index (χ1v) is 6.69. The quantitative estimate of drug-likeness (QED) is 0.524. The summed E-state index contributed by atoms with van der Waals surface area (Å²) in [7, 11) is 0. The van der Waals surface area contributed by atoms with Crippen LogP contribution in [0.25, 0.3) is 0 Å². The topological polar surface area (TPSA) is 12.0 Å². The number of hydrogen-bond donors (Lipinski definition) is 1. The summed E-state index contributed by atoms with van der Waals surface area (Å²) >= 11 is 1.85. The molecule has 0 saturated heterocycles. The highest BCUT2D eigenvalue weighted by Gasteiger charge is 1.89. The third-order valence-electron chi connectivity index (χ3n) is 2.22. The molecule has 1 N–H and O–H groups in total. The second-order valence-corrected chi connectivity index (χ2v) is 4.66. The predicted molar refractivity (Wildman–Crippen MR) is 69.6 cm³/mol. The molecule has 0 fully saturated rings. The first-order chi connectivity index (χ1) is 7.43. The third-order valence-corrected chi connectivity index (χ3v) is 3.15. The van der Waals surface area contributed by atoms with Crippen molar-refractivity contribution in [2.75, 3.05) is 13.1 Å². The average Bonchev–Trinajstić information content (AvgIpc) is 2.75. The van der Waals surface area contributed by atoms with Crippen molar-refractivity contribution in [1.29, 1.82) is 0 Å². The molecule has 15 heavy (non-hydrogen) atoms. The van der Waals surface area contributed by atoms with Gasteiger partial charge in [-0.3, -0.25) is 0 Å². The summed E-state index contributed by atoms with van der Waals surface area (Å²) in [6.45, 7) is 4.45. The Kier molecular flexibility index (Phi) is 7.22. The van der Waals surface area contributed by atoms with Gasteiger partial charge in [0.05, 0.1) is 0 Å². The van der Waals surface area contributed by atoms with Crippen molar-refractivity contribution in [2.24, 2.45) is 0 Å². The van der Waals surface area contributed by atoms with Crippen LogP contribution < -0.4 is 5.32 Å². The van der Waals surface area contributed by atoms with E-state index in [1.165, 1.54) is 24.1 Å². The highest BCUT2D eigenvalue weighted by Crippen LogP contribution is 2.10. The summed E-state index contributed by atoms with van der Waals surface area (Å²) in [5, 5.41) is 5.54. The summed E-state index contributed by atoms with van der Waals surface area (Å²) in [4.78, 5) is 1.49. The van der Waals surface area contributed by atoms with Gasteiger partial charge in [0.15, 0.2) is 0 Å². The van der Waals surface area contributed by atoms with Crippen LogP contribution in [0.3, 0.4) is 0 Å². The zero-order valence-electron chi connectivity index (χ0n) is 9.54. The van der Waals surface area contributed by atoms with Crippen molar-refractivity contribution in [3.63, 3.8) is 0 Å². The number of rotatable bonds is 8. The summed E-state index contributed by atoms with van der Waals surface area (Å²) in [5.41, 5.74) is 0. The molecule has 0 aliphatic rings. The van der Waals surface area contributed by atoms with Crippen molar-refractivity contribution in [2.45, 2.75) is 32.6 Å². The zero-order valence-corrected chi connectivity index (χ0v) is 10.4. The maximum absolute atomic E-state index is 3.39. The highest BCUT2D eigenvalue weighted by molar-refractivity contribution is 7.09. The smallest absolute Gasteiger partial charge is 0.00482 e. The summed E-state index contributed by atoms with van der Waals surface area (Å²) in [6, 6.07) is 4.33. The Hall–Kier alpha value is -0.600. The van der Waals surface area contributed by atoms with E-state index in [1.54, 1.807) is 0 Å². The molecule has 0 amide bonds. The van der Waals surface area contributed by atoms with Crippen LogP contribution >= 0.6 is 11.3 Å². The van der Waals surface area contributed by atoms with Gasteiger partial charge in [-0.05, 0) is 50.2 Å². The van der Waals surface area contributed by atoms with Crippen LogP contribution in [0.5, 0.6) is 0 Å². The Morgan fingerprint density at radius 3 is 2.87 bits per heavy atom. The molecule has 84 valence electrons. The fourth-order valence-corrected chi connectivity index (χ4v) is 2.13. The van der Waals surface area contributed by atoms with Crippen LogP contribution in [-0.4, -0.2) is 13.1 Å². The molecule has 0 bridgehead atoms. The number of nitrogens with one attached hydrogen (secondary N) is 1. The lowest BCUT2D eigenvalue weighted by atomic mass is 10.2. The number of thiophene rings is 1. The lowest BCUT2D eigenvalue weighted by molar-refractivity contribution is 0.677. The zero-order chi connectivity index (χ0) is 10.8. The lowest BCUT2D eigenvalue weighted by Gasteiger charge is -1.98. The van der Waals surface area contributed by atoms with E-state index in [0.29, 0.717) is 0 Å². The second kappa shape index (κ2) is 8.69. The van der Waals surface area contributed by atoms with Gasteiger partial charge in [0.25, 0.3) is 0 Å². The SMILES string of the molecule is CCCNCCC=CCCc1cccs1. The predicted octanol–water partition coefficient (Wildman–Crippen LogP) is 3.63. The van der Waals surface area contributed by atoms with E-state index in [0.717, 1.165) is 19.5 Å². The van der Waals surface area contributed by atoms with Gasteiger partial charge in [-0.2, -0.15) is 0 Å². The summed E-state index contributed by atoms with van der Waals surface area (Å²) in [6.07, 6.45) is 9.33. The highest BCUT2D eigenvalue weighted by atomic mass is 32.1. The van der Waals surface area contributed by atoms with Crippen molar-refractivity contribution in [3.8, 4) is 0 Å². The minimum Gasteiger partial charge on any atom is -0.316 e. The van der Waals surface area contributed by atoms with Gasteiger partial charge >= 0.3 is 0 Å². The molecular formula is C13H21NS. The Balaban J connectivity index is 1.93. The Bertz CT molecular complexity index is 252. The van der Waals surface area contributed by atoms with E-state index < -0.39 is 0 Å². The van der Waals surface area contributed by atoms with E-state index in [2.05, 4.69) is 41.9 Å². The summed E-state index contributed by atoms with van der Waals surface area (Å²) < 4.78 is 0. The van der Waals surface area contributed by atoms with Gasteiger partial charge in [-0.1, -0.05) is 25.1 Å². The molecule has 0 spiro atoms. The molecule has 1 aromatic rings. The molecule has 1 rings (SSSR count). The number of aryl methyl sites for hydroxylation is 1. The molecule has 1 nitrogen and oxygen atoms in total. The fraction of sp³-hybridized carbons (Fsp3) is 0.538. The Labute approximate surface area is 97.2 Å². The molecule has 0 saturated carbocycles. The van der Waals surface area contributed by atoms with Crippen LogP contribution in [0.2, 0.25) is 0 Å². The molecule has 0 aliphatic heterocycles. The number of allylic oxidation sites excluding steroid dienone is 1. The van der Waals surface area contributed by atoms with Crippen LogP contribution in [0.15, 0.2) is 29.7 Å². The first kappa shape index (κ1) is 12.5. The van der Waals surface area contributed by atoms with Crippen LogP contribution in [-0.2, 0) is 6.42 Å². The first-order valence-electron chi connectivity index (χ1n) is 5.81. The Morgan fingerprint density at radius 2 is 2.13 bits per heavy atom. The molecule has 1 heterocycles. The number of hydrogen-bond acceptors (Lipinski definition) is 2. The molecule has 1 aromatic heterocycles. The lowest BCUT2D eigenvalue weighted by Crippen LogP contribution is -2.14. The van der Waals surface area contributed by atoms with E-state index >= 15 is 0 Å². The average molecular weight is 223 g/mol. The van der Waals surface area contributed by atoms with Crippen molar-refractivity contribution < 1.29 is 0 Å². The Morgan fingerprint density at radius 1 is 1.27 bits per heavy atom. The van der Waals surface area contributed by atoms with Gasteiger partial charge in [0.2, 0.25) is 0 Å². The largest absolute Gasteiger partial charge is 0.316 e. The van der Waals surface area contributed by atoms with E-state index in [-0.39, 0.29) is 0 Å². The van der Waals surface area contributed by atoms with Crippen molar-refractivity contribution in [1.82, 2.24) is 5.32 Å². The van der Waals surface area contributed by atoms with Gasteiger partial charge in [0, 0.05) is 4.88 Å². The van der Waals surface area contributed by atoms with Gasteiger partial charge in [-0.25, -0.2) is 0 Å². The fourth-order valence-electron chi connectivity index (χ4n) is 1.40. The molecule has 0 atom stereocenters. The molecule has 0 aromatic carbocycles. The van der Waals surface area contributed by atoms with Gasteiger partial charge in [-0.15, -0.1) is 11.3 Å². The van der Waals surface area contributed by atoms with Crippen molar-refractivity contribution >= 4 is 11.3 Å². The van der Waals surface area contributed by atoms with Crippen LogP contribution in [0, 0.1) is 0 Å². The maximum atomic E-state index is 3.39. The van der Waals surface area contributed by atoms with E-state index in [9.17, 15) is 0 Å².